The average molecular weight is 242 g/mol. The minimum absolute atomic E-state index is 0.386. The van der Waals surface area contributed by atoms with E-state index in [-0.39, 0.29) is 0 Å². The van der Waals surface area contributed by atoms with Gasteiger partial charge >= 0.3 is 0 Å². The van der Waals surface area contributed by atoms with E-state index >= 15 is 0 Å². The highest BCUT2D eigenvalue weighted by molar-refractivity contribution is 4.86. The van der Waals surface area contributed by atoms with Crippen LogP contribution in [0.2, 0.25) is 0 Å². The molecule has 2 aliphatic heterocycles. The molecular formula is C12H26N4O. The fraction of sp³-hybridized carbons (Fsp3) is 1.00. The molecule has 0 bridgehead atoms. The van der Waals surface area contributed by atoms with Gasteiger partial charge in [-0.2, -0.15) is 0 Å². The van der Waals surface area contributed by atoms with Crippen molar-refractivity contribution >= 4 is 0 Å². The summed E-state index contributed by atoms with van der Waals surface area (Å²) in [6, 6.07) is 0.992. The molecule has 100 valence electrons. The fourth-order valence-corrected chi connectivity index (χ4v) is 2.92. The van der Waals surface area contributed by atoms with Crippen LogP contribution in [-0.2, 0) is 4.74 Å². The van der Waals surface area contributed by atoms with Crippen LogP contribution in [0.1, 0.15) is 12.8 Å². The van der Waals surface area contributed by atoms with E-state index in [2.05, 4.69) is 29.3 Å². The topological polar surface area (TPSA) is 53.8 Å². The zero-order valence-electron chi connectivity index (χ0n) is 11.1. The maximum absolute atomic E-state index is 5.71. The number of nitrogens with two attached hydrogens (primary N) is 1. The molecule has 17 heavy (non-hydrogen) atoms. The summed E-state index contributed by atoms with van der Waals surface area (Å²) in [6.07, 6.45) is 2.26. The Bertz CT molecular complexity index is 233. The van der Waals surface area contributed by atoms with Crippen LogP contribution in [-0.4, -0.2) is 68.8 Å². The molecule has 3 N–H and O–H groups in total. The smallest absolute Gasteiger partial charge is 0.0510 e. The molecule has 2 rings (SSSR count). The Kier molecular flexibility index (Phi) is 4.76. The third kappa shape index (κ3) is 3.39. The Hall–Kier alpha value is -0.200. The molecule has 0 aromatic rings. The molecule has 3 atom stereocenters. The van der Waals surface area contributed by atoms with Gasteiger partial charge in [0.2, 0.25) is 0 Å². The van der Waals surface area contributed by atoms with Crippen LogP contribution < -0.4 is 11.3 Å². The highest BCUT2D eigenvalue weighted by atomic mass is 16.5. The summed E-state index contributed by atoms with van der Waals surface area (Å²) in [4.78, 5) is 4.86. The maximum Gasteiger partial charge on any atom is 0.0510 e. The molecule has 0 amide bonds. The first-order chi connectivity index (χ1) is 8.20. The maximum atomic E-state index is 5.71. The molecule has 2 aliphatic rings. The van der Waals surface area contributed by atoms with Crippen molar-refractivity contribution in [3.8, 4) is 0 Å². The van der Waals surface area contributed by atoms with Gasteiger partial charge in [-0.05, 0) is 26.9 Å². The molecule has 0 aromatic carbocycles. The largest absolute Gasteiger partial charge is 0.381 e. The van der Waals surface area contributed by atoms with Gasteiger partial charge in [0, 0.05) is 44.2 Å². The molecular weight excluding hydrogens is 216 g/mol. The molecule has 5 nitrogen and oxygen atoms in total. The van der Waals surface area contributed by atoms with Gasteiger partial charge in [0.05, 0.1) is 6.61 Å². The summed E-state index contributed by atoms with van der Waals surface area (Å²) in [5, 5.41) is 0. The van der Waals surface area contributed by atoms with E-state index in [1.54, 1.807) is 0 Å². The van der Waals surface area contributed by atoms with Gasteiger partial charge < -0.3 is 14.5 Å². The standard InChI is InChI=1S/C12H26N4O/c1-15-4-5-16(2)11(8-15)7-12(14-13)10-3-6-17-9-10/h10-12,14H,3-9,13H2,1-2H3. The summed E-state index contributed by atoms with van der Waals surface area (Å²) >= 11 is 0. The summed E-state index contributed by atoms with van der Waals surface area (Å²) in [7, 11) is 4.42. The van der Waals surface area contributed by atoms with Crippen LogP contribution in [0, 0.1) is 5.92 Å². The number of piperazine rings is 1. The van der Waals surface area contributed by atoms with E-state index in [0.29, 0.717) is 18.0 Å². The van der Waals surface area contributed by atoms with Crippen molar-refractivity contribution in [3.63, 3.8) is 0 Å². The molecule has 0 saturated carbocycles. The SMILES string of the molecule is CN1CCN(C)C(CC(NN)C2CCOC2)C1. The summed E-state index contributed by atoms with van der Waals surface area (Å²) in [5.41, 5.74) is 3.00. The van der Waals surface area contributed by atoms with Crippen molar-refractivity contribution in [1.29, 1.82) is 0 Å². The van der Waals surface area contributed by atoms with Crippen LogP contribution in [0.5, 0.6) is 0 Å². The van der Waals surface area contributed by atoms with Gasteiger partial charge in [-0.1, -0.05) is 0 Å². The lowest BCUT2D eigenvalue weighted by Gasteiger charge is -2.40. The van der Waals surface area contributed by atoms with Crippen molar-refractivity contribution in [2.24, 2.45) is 11.8 Å². The van der Waals surface area contributed by atoms with E-state index in [1.807, 2.05) is 0 Å². The Morgan fingerprint density at radius 2 is 2.24 bits per heavy atom. The Labute approximate surface area is 104 Å². The molecule has 0 aliphatic carbocycles. The highest BCUT2D eigenvalue weighted by Crippen LogP contribution is 2.22. The first-order valence-electron chi connectivity index (χ1n) is 6.63. The van der Waals surface area contributed by atoms with Crippen LogP contribution in [0.15, 0.2) is 0 Å². The van der Waals surface area contributed by atoms with Crippen molar-refractivity contribution in [1.82, 2.24) is 15.2 Å². The monoisotopic (exact) mass is 242 g/mol. The number of hydrazine groups is 1. The van der Waals surface area contributed by atoms with E-state index in [1.165, 1.54) is 6.54 Å². The normalized spacial score (nSPS) is 34.1. The molecule has 0 aromatic heterocycles. The lowest BCUT2D eigenvalue weighted by molar-refractivity contribution is 0.0918. The molecule has 3 unspecified atom stereocenters. The van der Waals surface area contributed by atoms with Crippen LogP contribution in [0.25, 0.3) is 0 Å². The molecule has 5 heteroatoms. The van der Waals surface area contributed by atoms with E-state index in [4.69, 9.17) is 10.6 Å². The number of nitrogens with zero attached hydrogens (tertiary/aromatic N) is 2. The number of rotatable bonds is 4. The summed E-state index contributed by atoms with van der Waals surface area (Å²) in [6.45, 7) is 5.21. The zero-order valence-corrected chi connectivity index (χ0v) is 11.1. The molecule has 2 saturated heterocycles. The number of hydrogen-bond acceptors (Lipinski definition) is 5. The fourth-order valence-electron chi connectivity index (χ4n) is 2.92. The minimum Gasteiger partial charge on any atom is -0.381 e. The van der Waals surface area contributed by atoms with Gasteiger partial charge in [0.25, 0.3) is 0 Å². The van der Waals surface area contributed by atoms with Crippen molar-refractivity contribution in [3.05, 3.63) is 0 Å². The van der Waals surface area contributed by atoms with Gasteiger partial charge in [0.1, 0.15) is 0 Å². The number of likely N-dealkylation sites (N-methyl/N-ethyl adjacent to an activating group) is 2. The highest BCUT2D eigenvalue weighted by Gasteiger charge is 2.30. The quantitative estimate of drug-likeness (QED) is 0.514. The lowest BCUT2D eigenvalue weighted by Crippen LogP contribution is -2.54. The number of nitrogens with one attached hydrogen (secondary N) is 1. The second-order valence-corrected chi connectivity index (χ2v) is 5.53. The molecule has 2 fully saturated rings. The second-order valence-electron chi connectivity index (χ2n) is 5.53. The third-order valence-corrected chi connectivity index (χ3v) is 4.25. The number of ether oxygens (including phenoxy) is 1. The first kappa shape index (κ1) is 13.2. The molecule has 2 heterocycles. The van der Waals surface area contributed by atoms with Gasteiger partial charge in [-0.15, -0.1) is 0 Å². The van der Waals surface area contributed by atoms with E-state index in [9.17, 15) is 0 Å². The Morgan fingerprint density at radius 1 is 1.41 bits per heavy atom. The zero-order chi connectivity index (χ0) is 12.3. The minimum atomic E-state index is 0.386. The number of hydrogen-bond donors (Lipinski definition) is 2. The van der Waals surface area contributed by atoms with Crippen LogP contribution in [0.3, 0.4) is 0 Å². The lowest BCUT2D eigenvalue weighted by atomic mass is 9.92. The summed E-state index contributed by atoms with van der Waals surface area (Å²) in [5.74, 6) is 6.30. The first-order valence-corrected chi connectivity index (χ1v) is 6.63. The third-order valence-electron chi connectivity index (χ3n) is 4.25. The van der Waals surface area contributed by atoms with Crippen LogP contribution in [0.4, 0.5) is 0 Å². The molecule has 0 spiro atoms. The van der Waals surface area contributed by atoms with E-state index in [0.717, 1.165) is 39.1 Å². The Balaban J connectivity index is 1.87. The Morgan fingerprint density at radius 3 is 2.88 bits per heavy atom. The van der Waals surface area contributed by atoms with Crippen molar-refractivity contribution in [2.75, 3.05) is 46.9 Å². The van der Waals surface area contributed by atoms with Gasteiger partial charge in [-0.3, -0.25) is 11.3 Å². The average Bonchev–Trinajstić information content (AvgIpc) is 2.84. The predicted octanol–water partition coefficient (Wildman–Crippen LogP) is -0.509. The van der Waals surface area contributed by atoms with Crippen LogP contribution >= 0.6 is 0 Å². The van der Waals surface area contributed by atoms with E-state index < -0.39 is 0 Å². The molecule has 0 radical (unpaired) electrons. The summed E-state index contributed by atoms with van der Waals surface area (Å²) < 4.78 is 5.46. The van der Waals surface area contributed by atoms with Crippen molar-refractivity contribution < 1.29 is 4.74 Å². The van der Waals surface area contributed by atoms with Gasteiger partial charge in [0.15, 0.2) is 0 Å². The second kappa shape index (κ2) is 6.11. The predicted molar refractivity (Wildman–Crippen MR) is 68.6 cm³/mol. The van der Waals surface area contributed by atoms with Gasteiger partial charge in [-0.25, -0.2) is 0 Å². The van der Waals surface area contributed by atoms with Crippen molar-refractivity contribution in [2.45, 2.75) is 24.9 Å².